The van der Waals surface area contributed by atoms with Gasteiger partial charge in [-0.15, -0.1) is 0 Å². The van der Waals surface area contributed by atoms with E-state index in [1.807, 2.05) is 0 Å². The molecule has 1 N–H and O–H groups in total. The summed E-state index contributed by atoms with van der Waals surface area (Å²) in [6, 6.07) is 9.27. The van der Waals surface area contributed by atoms with E-state index in [4.69, 9.17) is 9.47 Å². The Bertz CT molecular complexity index is 377. The topological polar surface area (TPSA) is 30.5 Å². The molecule has 0 radical (unpaired) electrons. The summed E-state index contributed by atoms with van der Waals surface area (Å²) in [5, 5.41) is 3.56. The highest BCUT2D eigenvalue weighted by molar-refractivity contribution is 5.26. The first-order valence-electron chi connectivity index (χ1n) is 7.85. The van der Waals surface area contributed by atoms with Crippen molar-refractivity contribution < 1.29 is 9.47 Å². The lowest BCUT2D eigenvalue weighted by Gasteiger charge is -2.11. The van der Waals surface area contributed by atoms with Crippen molar-refractivity contribution in [1.29, 1.82) is 0 Å². The molecule has 1 aliphatic carbocycles. The number of hydrogen-bond acceptors (Lipinski definition) is 3. The van der Waals surface area contributed by atoms with Crippen LogP contribution in [0.5, 0.6) is 0 Å². The Morgan fingerprint density at radius 1 is 1.05 bits per heavy atom. The Morgan fingerprint density at radius 3 is 2.55 bits per heavy atom. The molecule has 0 aliphatic heterocycles. The van der Waals surface area contributed by atoms with Crippen LogP contribution in [0, 0.1) is 0 Å². The van der Waals surface area contributed by atoms with Gasteiger partial charge in [-0.25, -0.2) is 0 Å². The first-order chi connectivity index (χ1) is 9.90. The van der Waals surface area contributed by atoms with Crippen molar-refractivity contribution >= 4 is 0 Å². The number of unbranched alkanes of at least 4 members (excludes halogenated alkanes) is 1. The van der Waals surface area contributed by atoms with E-state index in [0.717, 1.165) is 25.6 Å². The molecule has 3 heteroatoms. The average Bonchev–Trinajstić information content (AvgIpc) is 3.29. The third-order valence-corrected chi connectivity index (χ3v) is 3.55. The zero-order valence-electron chi connectivity index (χ0n) is 12.6. The second-order valence-corrected chi connectivity index (χ2v) is 5.44. The van der Waals surface area contributed by atoms with Gasteiger partial charge in [-0.05, 0) is 30.4 Å². The molecule has 1 saturated carbocycles. The van der Waals surface area contributed by atoms with Crippen LogP contribution < -0.4 is 5.32 Å². The monoisotopic (exact) mass is 277 g/mol. The van der Waals surface area contributed by atoms with E-state index in [1.54, 1.807) is 0 Å². The van der Waals surface area contributed by atoms with Crippen molar-refractivity contribution in [2.45, 2.75) is 51.8 Å². The molecule has 0 aromatic heterocycles. The SMILES string of the molecule is CCCCOCCOCc1ccccc1CNC1CC1. The van der Waals surface area contributed by atoms with E-state index in [-0.39, 0.29) is 0 Å². The Morgan fingerprint density at radius 2 is 1.80 bits per heavy atom. The minimum atomic E-state index is 0.675. The smallest absolute Gasteiger partial charge is 0.0721 e. The van der Waals surface area contributed by atoms with Crippen molar-refractivity contribution in [3.8, 4) is 0 Å². The lowest BCUT2D eigenvalue weighted by molar-refractivity contribution is 0.0394. The van der Waals surface area contributed by atoms with Crippen LogP contribution >= 0.6 is 0 Å². The number of benzene rings is 1. The summed E-state index contributed by atoms with van der Waals surface area (Å²) in [4.78, 5) is 0. The zero-order chi connectivity index (χ0) is 14.0. The lowest BCUT2D eigenvalue weighted by atomic mass is 10.1. The minimum absolute atomic E-state index is 0.675. The van der Waals surface area contributed by atoms with E-state index in [0.29, 0.717) is 19.8 Å². The van der Waals surface area contributed by atoms with Gasteiger partial charge < -0.3 is 14.8 Å². The Hall–Kier alpha value is -0.900. The molecular weight excluding hydrogens is 250 g/mol. The molecule has 1 aliphatic rings. The molecule has 1 fully saturated rings. The molecule has 0 spiro atoms. The van der Waals surface area contributed by atoms with Gasteiger partial charge in [0, 0.05) is 19.2 Å². The predicted molar refractivity (Wildman–Crippen MR) is 81.7 cm³/mol. The molecule has 3 nitrogen and oxygen atoms in total. The van der Waals surface area contributed by atoms with Crippen LogP contribution in [-0.2, 0) is 22.6 Å². The highest BCUT2D eigenvalue weighted by Gasteiger charge is 2.20. The summed E-state index contributed by atoms with van der Waals surface area (Å²) in [5.41, 5.74) is 2.64. The third kappa shape index (κ3) is 6.04. The maximum atomic E-state index is 5.71. The molecule has 0 unspecified atom stereocenters. The first kappa shape index (κ1) is 15.5. The Kier molecular flexibility index (Phi) is 7.06. The van der Waals surface area contributed by atoms with Gasteiger partial charge in [0.2, 0.25) is 0 Å². The van der Waals surface area contributed by atoms with Gasteiger partial charge in [0.1, 0.15) is 0 Å². The molecule has 0 bridgehead atoms. The summed E-state index contributed by atoms with van der Waals surface area (Å²) in [5.74, 6) is 0. The zero-order valence-corrected chi connectivity index (χ0v) is 12.6. The highest BCUT2D eigenvalue weighted by Crippen LogP contribution is 2.20. The van der Waals surface area contributed by atoms with Gasteiger partial charge in [-0.2, -0.15) is 0 Å². The molecule has 1 aromatic carbocycles. The van der Waals surface area contributed by atoms with E-state index >= 15 is 0 Å². The quantitative estimate of drug-likeness (QED) is 0.630. The molecule has 0 amide bonds. The molecule has 112 valence electrons. The standard InChI is InChI=1S/C17H27NO2/c1-2-3-10-19-11-12-20-14-16-7-5-4-6-15(16)13-18-17-8-9-17/h4-7,17-18H,2-3,8-14H2,1H3. The molecule has 2 rings (SSSR count). The van der Waals surface area contributed by atoms with Crippen LogP contribution in [0.15, 0.2) is 24.3 Å². The van der Waals surface area contributed by atoms with Gasteiger partial charge in [0.25, 0.3) is 0 Å². The maximum absolute atomic E-state index is 5.71. The average molecular weight is 277 g/mol. The molecular formula is C17H27NO2. The second kappa shape index (κ2) is 9.11. The first-order valence-corrected chi connectivity index (χ1v) is 7.85. The molecule has 0 heterocycles. The van der Waals surface area contributed by atoms with E-state index in [9.17, 15) is 0 Å². The van der Waals surface area contributed by atoms with E-state index < -0.39 is 0 Å². The van der Waals surface area contributed by atoms with Gasteiger partial charge in [0.15, 0.2) is 0 Å². The van der Waals surface area contributed by atoms with E-state index in [1.165, 1.54) is 30.4 Å². The van der Waals surface area contributed by atoms with Crippen molar-refractivity contribution in [2.24, 2.45) is 0 Å². The van der Waals surface area contributed by atoms with Crippen LogP contribution in [-0.4, -0.2) is 25.9 Å². The predicted octanol–water partition coefficient (Wildman–Crippen LogP) is 3.27. The lowest BCUT2D eigenvalue weighted by Crippen LogP contribution is -2.16. The maximum Gasteiger partial charge on any atom is 0.0721 e. The normalized spacial score (nSPS) is 14.7. The Balaban J connectivity index is 1.63. The van der Waals surface area contributed by atoms with Crippen molar-refractivity contribution in [3.05, 3.63) is 35.4 Å². The summed E-state index contributed by atoms with van der Waals surface area (Å²) in [7, 11) is 0. The molecule has 1 aromatic rings. The number of nitrogens with one attached hydrogen (secondary N) is 1. The Labute approximate surface area is 122 Å². The van der Waals surface area contributed by atoms with Crippen LogP contribution in [0.3, 0.4) is 0 Å². The summed E-state index contributed by atoms with van der Waals surface area (Å²) in [6.07, 6.45) is 4.97. The second-order valence-electron chi connectivity index (χ2n) is 5.44. The number of ether oxygens (including phenoxy) is 2. The molecule has 20 heavy (non-hydrogen) atoms. The van der Waals surface area contributed by atoms with Crippen LogP contribution in [0.1, 0.15) is 43.7 Å². The fourth-order valence-corrected chi connectivity index (χ4v) is 2.06. The van der Waals surface area contributed by atoms with Gasteiger partial charge >= 0.3 is 0 Å². The number of hydrogen-bond donors (Lipinski definition) is 1. The fraction of sp³-hybridized carbons (Fsp3) is 0.647. The summed E-state index contributed by atoms with van der Waals surface area (Å²) >= 11 is 0. The summed E-state index contributed by atoms with van der Waals surface area (Å²) in [6.45, 7) is 6.03. The number of rotatable bonds is 11. The van der Waals surface area contributed by atoms with Crippen molar-refractivity contribution in [3.63, 3.8) is 0 Å². The van der Waals surface area contributed by atoms with Gasteiger partial charge in [-0.1, -0.05) is 37.6 Å². The molecule has 0 atom stereocenters. The van der Waals surface area contributed by atoms with Crippen LogP contribution in [0.25, 0.3) is 0 Å². The van der Waals surface area contributed by atoms with Crippen LogP contribution in [0.2, 0.25) is 0 Å². The van der Waals surface area contributed by atoms with E-state index in [2.05, 4.69) is 36.5 Å². The third-order valence-electron chi connectivity index (χ3n) is 3.55. The molecule has 0 saturated heterocycles. The van der Waals surface area contributed by atoms with Crippen molar-refractivity contribution in [1.82, 2.24) is 5.32 Å². The highest BCUT2D eigenvalue weighted by atomic mass is 16.5. The van der Waals surface area contributed by atoms with Gasteiger partial charge in [-0.3, -0.25) is 0 Å². The summed E-state index contributed by atoms with van der Waals surface area (Å²) < 4.78 is 11.2. The fourth-order valence-electron chi connectivity index (χ4n) is 2.06. The van der Waals surface area contributed by atoms with Crippen molar-refractivity contribution in [2.75, 3.05) is 19.8 Å². The van der Waals surface area contributed by atoms with Gasteiger partial charge in [0.05, 0.1) is 19.8 Å². The van der Waals surface area contributed by atoms with Crippen LogP contribution in [0.4, 0.5) is 0 Å². The largest absolute Gasteiger partial charge is 0.379 e. The minimum Gasteiger partial charge on any atom is -0.379 e.